The second kappa shape index (κ2) is 4.71. The van der Waals surface area contributed by atoms with E-state index in [1.54, 1.807) is 0 Å². The Morgan fingerprint density at radius 1 is 1.50 bits per heavy atom. The molecule has 0 aliphatic heterocycles. The summed E-state index contributed by atoms with van der Waals surface area (Å²) in [5.41, 5.74) is 6.54. The quantitative estimate of drug-likeness (QED) is 0.886. The van der Waals surface area contributed by atoms with E-state index in [-0.39, 0.29) is 23.0 Å². The van der Waals surface area contributed by atoms with Crippen LogP contribution in [0.1, 0.15) is 16.2 Å². The first-order chi connectivity index (χ1) is 8.42. The molecule has 8 heteroatoms. The lowest BCUT2D eigenvalue weighted by Gasteiger charge is -2.05. The minimum atomic E-state index is -3.70. The zero-order valence-electron chi connectivity index (χ0n) is 9.93. The van der Waals surface area contributed by atoms with E-state index in [4.69, 9.17) is 10.3 Å². The van der Waals surface area contributed by atoms with Crippen molar-refractivity contribution in [2.75, 3.05) is 5.73 Å². The van der Waals surface area contributed by atoms with Gasteiger partial charge in [-0.2, -0.15) is 0 Å². The summed E-state index contributed by atoms with van der Waals surface area (Å²) in [6.45, 7) is 3.67. The molecule has 2 rings (SSSR count). The lowest BCUT2D eigenvalue weighted by atomic mass is 10.3. The van der Waals surface area contributed by atoms with Crippen molar-refractivity contribution >= 4 is 27.2 Å². The van der Waals surface area contributed by atoms with Crippen LogP contribution in [0.2, 0.25) is 0 Å². The molecule has 0 fully saturated rings. The third kappa shape index (κ3) is 2.40. The number of hydrogen-bond acceptors (Lipinski definition) is 6. The Morgan fingerprint density at radius 2 is 2.22 bits per heavy atom. The van der Waals surface area contributed by atoms with Crippen LogP contribution in [0, 0.1) is 13.8 Å². The highest BCUT2D eigenvalue weighted by atomic mass is 32.2. The maximum atomic E-state index is 12.1. The molecule has 0 aromatic carbocycles. The number of aryl methyl sites for hydroxylation is 2. The maximum absolute atomic E-state index is 12.1. The number of aromatic nitrogens is 1. The van der Waals surface area contributed by atoms with Gasteiger partial charge in [-0.25, -0.2) is 13.1 Å². The van der Waals surface area contributed by atoms with Crippen molar-refractivity contribution in [1.29, 1.82) is 0 Å². The normalized spacial score (nSPS) is 11.9. The summed E-state index contributed by atoms with van der Waals surface area (Å²) >= 11 is 1.50. The summed E-state index contributed by atoms with van der Waals surface area (Å²) in [5.74, 6) is 0.0609. The Hall–Kier alpha value is -1.38. The summed E-state index contributed by atoms with van der Waals surface area (Å²) in [6, 6.07) is 1.94. The van der Waals surface area contributed by atoms with E-state index < -0.39 is 10.0 Å². The second-order valence-electron chi connectivity index (χ2n) is 3.80. The number of nitrogens with one attached hydrogen (secondary N) is 1. The van der Waals surface area contributed by atoms with Gasteiger partial charge in [-0.05, 0) is 30.9 Å². The first-order valence-corrected chi connectivity index (χ1v) is 7.52. The Labute approximate surface area is 109 Å². The molecule has 6 nitrogen and oxygen atoms in total. The first-order valence-electron chi connectivity index (χ1n) is 5.16. The lowest BCUT2D eigenvalue weighted by Crippen LogP contribution is -2.24. The number of thiophene rings is 1. The van der Waals surface area contributed by atoms with Gasteiger partial charge >= 0.3 is 0 Å². The van der Waals surface area contributed by atoms with Crippen molar-refractivity contribution in [2.45, 2.75) is 25.3 Å². The van der Waals surface area contributed by atoms with Gasteiger partial charge in [0.1, 0.15) is 0 Å². The van der Waals surface area contributed by atoms with Crippen molar-refractivity contribution in [3.63, 3.8) is 0 Å². The van der Waals surface area contributed by atoms with Gasteiger partial charge in [-0.3, -0.25) is 0 Å². The number of rotatable bonds is 4. The maximum Gasteiger partial charge on any atom is 0.248 e. The first kappa shape index (κ1) is 13.1. The van der Waals surface area contributed by atoms with Crippen LogP contribution in [0.4, 0.5) is 5.82 Å². The monoisotopic (exact) mass is 287 g/mol. The van der Waals surface area contributed by atoms with Crippen LogP contribution >= 0.6 is 11.3 Å². The Bertz CT molecular complexity index is 638. The van der Waals surface area contributed by atoms with Crippen LogP contribution < -0.4 is 10.5 Å². The molecule has 0 aliphatic carbocycles. The van der Waals surface area contributed by atoms with Crippen LogP contribution in [0.5, 0.6) is 0 Å². The van der Waals surface area contributed by atoms with Crippen LogP contribution in [0.3, 0.4) is 0 Å². The van der Waals surface area contributed by atoms with Gasteiger partial charge in [0.05, 0.1) is 0 Å². The highest BCUT2D eigenvalue weighted by molar-refractivity contribution is 7.89. The van der Waals surface area contributed by atoms with Gasteiger partial charge < -0.3 is 10.3 Å². The fraction of sp³-hybridized carbons (Fsp3) is 0.300. The summed E-state index contributed by atoms with van der Waals surface area (Å²) in [6.07, 6.45) is 0. The zero-order chi connectivity index (χ0) is 13.3. The topological polar surface area (TPSA) is 98.2 Å². The molecule has 0 atom stereocenters. The van der Waals surface area contributed by atoms with E-state index in [1.807, 2.05) is 18.4 Å². The number of nitrogens with zero attached hydrogens (tertiary/aromatic N) is 1. The molecule has 18 heavy (non-hydrogen) atoms. The summed E-state index contributed by atoms with van der Waals surface area (Å²) in [7, 11) is -3.70. The smallest absolute Gasteiger partial charge is 0.248 e. The third-order valence-electron chi connectivity index (χ3n) is 2.49. The van der Waals surface area contributed by atoms with E-state index in [0.29, 0.717) is 0 Å². The largest absolute Gasteiger partial charge is 0.380 e. The molecule has 98 valence electrons. The number of anilines is 1. The molecule has 0 saturated carbocycles. The molecule has 2 aromatic heterocycles. The number of sulfonamides is 1. The highest BCUT2D eigenvalue weighted by Crippen LogP contribution is 2.22. The average molecular weight is 287 g/mol. The molecule has 0 radical (unpaired) electrons. The van der Waals surface area contributed by atoms with Crippen LogP contribution in [0.15, 0.2) is 20.9 Å². The van der Waals surface area contributed by atoms with Gasteiger partial charge in [0.15, 0.2) is 16.5 Å². The molecule has 0 spiro atoms. The molecular formula is C10H13N3O3S2. The fourth-order valence-corrected chi connectivity index (χ4v) is 3.67. The average Bonchev–Trinajstić information content (AvgIpc) is 2.83. The van der Waals surface area contributed by atoms with Gasteiger partial charge in [0, 0.05) is 11.4 Å². The molecule has 3 N–H and O–H groups in total. The van der Waals surface area contributed by atoms with Gasteiger partial charge in [0.2, 0.25) is 10.0 Å². The molecule has 0 saturated heterocycles. The second-order valence-corrected chi connectivity index (χ2v) is 6.51. The SMILES string of the molecule is Cc1ccsc1CNS(=O)(=O)c1c(N)noc1C. The molecule has 2 aromatic rings. The Balaban J connectivity index is 2.21. The van der Waals surface area contributed by atoms with E-state index in [9.17, 15) is 8.42 Å². The van der Waals surface area contributed by atoms with Crippen LogP contribution in [0.25, 0.3) is 0 Å². The summed E-state index contributed by atoms with van der Waals surface area (Å²) < 4.78 is 31.3. The van der Waals surface area contributed by atoms with E-state index in [2.05, 4.69) is 9.88 Å². The van der Waals surface area contributed by atoms with Gasteiger partial charge in [-0.1, -0.05) is 5.16 Å². The van der Waals surface area contributed by atoms with Crippen molar-refractivity contribution in [2.24, 2.45) is 0 Å². The van der Waals surface area contributed by atoms with Gasteiger partial charge in [-0.15, -0.1) is 11.3 Å². The predicted octanol–water partition coefficient (Wildman–Crippen LogP) is 1.41. The Kier molecular flexibility index (Phi) is 3.42. The van der Waals surface area contributed by atoms with Crippen LogP contribution in [-0.2, 0) is 16.6 Å². The third-order valence-corrected chi connectivity index (χ3v) is 5.07. The molecule has 0 unspecified atom stereocenters. The van der Waals surface area contributed by atoms with E-state index in [0.717, 1.165) is 10.4 Å². The summed E-state index contributed by atoms with van der Waals surface area (Å²) in [5, 5.41) is 5.35. The number of nitrogen functional groups attached to an aromatic ring is 1. The standard InChI is InChI=1S/C10H13N3O3S2/c1-6-3-4-17-8(6)5-12-18(14,15)9-7(2)16-13-10(9)11/h3-4,12H,5H2,1-2H3,(H2,11,13). The number of nitrogens with two attached hydrogens (primary N) is 1. The molecule has 0 bridgehead atoms. The molecule has 0 aliphatic rings. The van der Waals surface area contributed by atoms with Crippen molar-refractivity contribution < 1.29 is 12.9 Å². The lowest BCUT2D eigenvalue weighted by molar-refractivity contribution is 0.396. The van der Waals surface area contributed by atoms with Crippen LogP contribution in [-0.4, -0.2) is 13.6 Å². The van der Waals surface area contributed by atoms with Gasteiger partial charge in [0.25, 0.3) is 0 Å². The van der Waals surface area contributed by atoms with E-state index in [1.165, 1.54) is 18.3 Å². The van der Waals surface area contributed by atoms with Crippen molar-refractivity contribution in [3.05, 3.63) is 27.6 Å². The zero-order valence-corrected chi connectivity index (χ0v) is 11.6. The number of hydrogen-bond donors (Lipinski definition) is 2. The van der Waals surface area contributed by atoms with E-state index >= 15 is 0 Å². The minimum Gasteiger partial charge on any atom is -0.380 e. The van der Waals surface area contributed by atoms with Crippen molar-refractivity contribution in [3.8, 4) is 0 Å². The predicted molar refractivity (Wildman–Crippen MR) is 68.7 cm³/mol. The molecule has 2 heterocycles. The minimum absolute atomic E-state index is 0.0864. The fourth-order valence-electron chi connectivity index (χ4n) is 1.53. The molecular weight excluding hydrogens is 274 g/mol. The molecule has 0 amide bonds. The summed E-state index contributed by atoms with van der Waals surface area (Å²) in [4.78, 5) is 0.878. The Morgan fingerprint density at radius 3 is 2.72 bits per heavy atom. The van der Waals surface area contributed by atoms with Crippen molar-refractivity contribution in [1.82, 2.24) is 9.88 Å². The highest BCUT2D eigenvalue weighted by Gasteiger charge is 2.24.